The Balaban J connectivity index is 1.84. The van der Waals surface area contributed by atoms with Crippen molar-refractivity contribution in [1.82, 2.24) is 4.98 Å². The van der Waals surface area contributed by atoms with Crippen molar-refractivity contribution < 1.29 is 9.18 Å². The summed E-state index contributed by atoms with van der Waals surface area (Å²) >= 11 is 0. The monoisotopic (exact) mass is 243 g/mol. The lowest BCUT2D eigenvalue weighted by Crippen LogP contribution is -1.98. The number of benzene rings is 1. The van der Waals surface area contributed by atoms with Gasteiger partial charge < -0.3 is 4.98 Å². The van der Waals surface area contributed by atoms with Crippen LogP contribution in [-0.4, -0.2) is 11.3 Å². The van der Waals surface area contributed by atoms with Crippen molar-refractivity contribution >= 4 is 6.29 Å². The van der Waals surface area contributed by atoms with Gasteiger partial charge in [0.05, 0.1) is 5.69 Å². The number of hydrogen-bond donors (Lipinski definition) is 1. The number of aromatic amines is 1. The molecule has 1 atom stereocenters. The van der Waals surface area contributed by atoms with E-state index in [2.05, 4.69) is 4.98 Å². The first-order valence-electron chi connectivity index (χ1n) is 6.17. The molecule has 1 unspecified atom stereocenters. The molecule has 2 nitrogen and oxygen atoms in total. The Labute approximate surface area is 105 Å². The van der Waals surface area contributed by atoms with E-state index in [4.69, 9.17) is 0 Å². The van der Waals surface area contributed by atoms with Crippen LogP contribution in [0.2, 0.25) is 0 Å². The van der Waals surface area contributed by atoms with Gasteiger partial charge in [-0.1, -0.05) is 12.1 Å². The number of fused-ring (bicyclic) bond motifs is 1. The zero-order valence-corrected chi connectivity index (χ0v) is 9.95. The van der Waals surface area contributed by atoms with Crippen molar-refractivity contribution in [3.8, 4) is 0 Å². The number of hydrogen-bond acceptors (Lipinski definition) is 1. The molecular formula is C15H14FNO. The van der Waals surface area contributed by atoms with Gasteiger partial charge >= 0.3 is 0 Å². The number of aryl methyl sites for hydroxylation is 1. The molecule has 1 aromatic heterocycles. The summed E-state index contributed by atoms with van der Waals surface area (Å²) in [6.45, 7) is 0. The first-order valence-corrected chi connectivity index (χ1v) is 6.17. The highest BCUT2D eigenvalue weighted by atomic mass is 19.1. The van der Waals surface area contributed by atoms with Gasteiger partial charge in [-0.25, -0.2) is 4.39 Å². The molecule has 92 valence electrons. The van der Waals surface area contributed by atoms with E-state index < -0.39 is 0 Å². The Morgan fingerprint density at radius 3 is 3.06 bits per heavy atom. The van der Waals surface area contributed by atoms with Crippen molar-refractivity contribution in [2.45, 2.75) is 25.2 Å². The van der Waals surface area contributed by atoms with Gasteiger partial charge in [-0.3, -0.25) is 4.79 Å². The normalized spacial score (nSPS) is 17.7. The van der Waals surface area contributed by atoms with Crippen LogP contribution in [0.3, 0.4) is 0 Å². The predicted molar refractivity (Wildman–Crippen MR) is 67.3 cm³/mol. The number of carbonyl (C=O) groups excluding carboxylic acids is 1. The van der Waals surface area contributed by atoms with Crippen LogP contribution in [0.25, 0.3) is 0 Å². The molecule has 0 fully saturated rings. The number of rotatable bonds is 3. The van der Waals surface area contributed by atoms with E-state index >= 15 is 0 Å². The first kappa shape index (κ1) is 11.2. The lowest BCUT2D eigenvalue weighted by atomic mass is 9.94. The van der Waals surface area contributed by atoms with Gasteiger partial charge in [-0.05, 0) is 54.5 Å². The molecule has 0 aliphatic heterocycles. The maximum atomic E-state index is 13.1. The molecule has 18 heavy (non-hydrogen) atoms. The zero-order valence-electron chi connectivity index (χ0n) is 9.95. The molecule has 0 saturated carbocycles. The van der Waals surface area contributed by atoms with E-state index in [9.17, 15) is 9.18 Å². The zero-order chi connectivity index (χ0) is 12.5. The highest BCUT2D eigenvalue weighted by Gasteiger charge is 2.25. The summed E-state index contributed by atoms with van der Waals surface area (Å²) in [6.07, 6.45) is 3.72. The van der Waals surface area contributed by atoms with E-state index in [1.165, 1.54) is 17.3 Å². The van der Waals surface area contributed by atoms with Crippen LogP contribution in [0.15, 0.2) is 30.3 Å². The number of H-pyrrole nitrogens is 1. The average molecular weight is 243 g/mol. The quantitative estimate of drug-likeness (QED) is 0.825. The molecule has 0 bridgehead atoms. The van der Waals surface area contributed by atoms with Crippen molar-refractivity contribution in [1.29, 1.82) is 0 Å². The molecule has 0 amide bonds. The van der Waals surface area contributed by atoms with E-state index in [-0.39, 0.29) is 5.82 Å². The number of carbonyl (C=O) groups is 1. The van der Waals surface area contributed by atoms with E-state index in [1.807, 2.05) is 12.1 Å². The molecule has 2 aromatic rings. The van der Waals surface area contributed by atoms with Gasteiger partial charge in [0.15, 0.2) is 6.29 Å². The van der Waals surface area contributed by atoms with E-state index in [0.717, 1.165) is 31.1 Å². The van der Waals surface area contributed by atoms with Crippen molar-refractivity contribution in [2.24, 2.45) is 0 Å². The summed E-state index contributed by atoms with van der Waals surface area (Å²) in [6, 6.07) is 8.68. The largest absolute Gasteiger partial charge is 0.356 e. The molecule has 1 aliphatic rings. The number of halogens is 1. The fraction of sp³-hybridized carbons (Fsp3) is 0.267. The molecule has 3 heteroatoms. The summed E-state index contributed by atoms with van der Waals surface area (Å²) < 4.78 is 13.1. The second-order valence-corrected chi connectivity index (χ2v) is 4.85. The van der Waals surface area contributed by atoms with Gasteiger partial charge in [-0.2, -0.15) is 0 Å². The van der Waals surface area contributed by atoms with Gasteiger partial charge in [0.25, 0.3) is 0 Å². The average Bonchev–Trinajstić information content (AvgIpc) is 2.91. The summed E-state index contributed by atoms with van der Waals surface area (Å²) in [5.41, 5.74) is 4.05. The van der Waals surface area contributed by atoms with E-state index in [0.29, 0.717) is 11.6 Å². The second-order valence-electron chi connectivity index (χ2n) is 4.85. The van der Waals surface area contributed by atoms with Crippen LogP contribution in [0.4, 0.5) is 4.39 Å². The SMILES string of the molecule is O=Cc1cc2c([nH]1)CCC2Cc1cccc(F)c1. The number of aldehydes is 1. The minimum atomic E-state index is -0.187. The molecule has 0 radical (unpaired) electrons. The van der Waals surface area contributed by atoms with E-state index in [1.54, 1.807) is 12.1 Å². The lowest BCUT2D eigenvalue weighted by molar-refractivity contribution is 0.111. The smallest absolute Gasteiger partial charge is 0.166 e. The highest BCUT2D eigenvalue weighted by Crippen LogP contribution is 2.35. The Bertz CT molecular complexity index is 588. The molecule has 1 N–H and O–H groups in total. The maximum Gasteiger partial charge on any atom is 0.166 e. The van der Waals surface area contributed by atoms with Crippen LogP contribution >= 0.6 is 0 Å². The molecule has 0 saturated heterocycles. The topological polar surface area (TPSA) is 32.9 Å². The Hall–Kier alpha value is -1.90. The third kappa shape index (κ3) is 1.96. The molecule has 1 aromatic carbocycles. The van der Waals surface area contributed by atoms with Gasteiger partial charge in [0.1, 0.15) is 5.82 Å². The van der Waals surface area contributed by atoms with Crippen LogP contribution in [-0.2, 0) is 12.8 Å². The Morgan fingerprint density at radius 2 is 2.28 bits per heavy atom. The fourth-order valence-electron chi connectivity index (χ4n) is 2.81. The van der Waals surface area contributed by atoms with Crippen LogP contribution in [0, 0.1) is 5.82 Å². The lowest BCUT2D eigenvalue weighted by Gasteiger charge is -2.09. The van der Waals surface area contributed by atoms with Crippen molar-refractivity contribution in [3.63, 3.8) is 0 Å². The minimum absolute atomic E-state index is 0.187. The van der Waals surface area contributed by atoms with Crippen LogP contribution < -0.4 is 0 Å². The summed E-state index contributed by atoms with van der Waals surface area (Å²) in [5, 5.41) is 0. The highest BCUT2D eigenvalue weighted by molar-refractivity contribution is 5.73. The second kappa shape index (κ2) is 4.41. The van der Waals surface area contributed by atoms with Gasteiger partial charge in [-0.15, -0.1) is 0 Å². The van der Waals surface area contributed by atoms with Crippen molar-refractivity contribution in [2.75, 3.05) is 0 Å². The third-order valence-corrected chi connectivity index (χ3v) is 3.64. The molecule has 1 heterocycles. The standard InChI is InChI=1S/C15H14FNO/c16-12-3-1-2-10(7-12)6-11-4-5-15-14(11)8-13(9-18)17-15/h1-3,7-9,11,17H,4-6H2. The van der Waals surface area contributed by atoms with Crippen molar-refractivity contribution in [3.05, 3.63) is 58.7 Å². The van der Waals surface area contributed by atoms with Gasteiger partial charge in [0.2, 0.25) is 0 Å². The van der Waals surface area contributed by atoms with Crippen LogP contribution in [0.1, 0.15) is 39.6 Å². The van der Waals surface area contributed by atoms with Gasteiger partial charge in [0, 0.05) is 5.69 Å². The summed E-state index contributed by atoms with van der Waals surface area (Å²) in [7, 11) is 0. The first-order chi connectivity index (χ1) is 8.76. The third-order valence-electron chi connectivity index (χ3n) is 3.64. The van der Waals surface area contributed by atoms with Crippen LogP contribution in [0.5, 0.6) is 0 Å². The molecular weight excluding hydrogens is 229 g/mol. The number of aromatic nitrogens is 1. The Morgan fingerprint density at radius 1 is 1.39 bits per heavy atom. The fourth-order valence-corrected chi connectivity index (χ4v) is 2.81. The molecule has 1 aliphatic carbocycles. The molecule has 3 rings (SSSR count). The summed E-state index contributed by atoms with van der Waals surface area (Å²) in [4.78, 5) is 13.9. The summed E-state index contributed by atoms with van der Waals surface area (Å²) in [5.74, 6) is 0.208. The predicted octanol–water partition coefficient (Wildman–Crippen LogP) is 3.24. The maximum absolute atomic E-state index is 13.1. The molecule has 0 spiro atoms. The minimum Gasteiger partial charge on any atom is -0.356 e. The Kier molecular flexibility index (Phi) is 2.74. The number of nitrogens with one attached hydrogen (secondary N) is 1.